The van der Waals surface area contributed by atoms with Crippen molar-refractivity contribution in [2.75, 3.05) is 18.5 Å². The van der Waals surface area contributed by atoms with E-state index < -0.39 is 23.9 Å². The molecule has 4 N–H and O–H groups in total. The molecule has 3 rings (SSSR count). The molecule has 0 spiro atoms. The molecule has 31 heavy (non-hydrogen) atoms. The van der Waals surface area contributed by atoms with Gasteiger partial charge in [-0.25, -0.2) is 9.18 Å². The van der Waals surface area contributed by atoms with Gasteiger partial charge in [0.1, 0.15) is 11.9 Å². The predicted molar refractivity (Wildman–Crippen MR) is 116 cm³/mol. The lowest BCUT2D eigenvalue weighted by atomic mass is 9.97. The maximum Gasteiger partial charge on any atom is 0.319 e. The van der Waals surface area contributed by atoms with Crippen LogP contribution in [0.3, 0.4) is 0 Å². The number of carbonyl (C=O) groups excluding carboxylic acids is 2. The maximum atomic E-state index is 13.7. The van der Waals surface area contributed by atoms with E-state index in [1.54, 1.807) is 30.3 Å². The van der Waals surface area contributed by atoms with Crippen molar-refractivity contribution in [3.8, 4) is 0 Å². The second-order valence-electron chi connectivity index (χ2n) is 7.29. The molecular weight excluding hydrogens is 425 g/mol. The molecule has 1 fully saturated rings. The van der Waals surface area contributed by atoms with Gasteiger partial charge in [0.2, 0.25) is 0 Å². The lowest BCUT2D eigenvalue weighted by Crippen LogP contribution is -2.52. The summed E-state index contributed by atoms with van der Waals surface area (Å²) in [7, 11) is 0. The largest absolute Gasteiger partial charge is 0.394 e. The third kappa shape index (κ3) is 6.65. The second-order valence-corrected chi connectivity index (χ2v) is 7.73. The number of aliphatic hydroxyl groups excluding tert-OH is 1. The van der Waals surface area contributed by atoms with Gasteiger partial charge in [-0.05, 0) is 55.7 Å². The highest BCUT2D eigenvalue weighted by molar-refractivity contribution is 6.30. The number of hydrogen-bond donors (Lipinski definition) is 4. The summed E-state index contributed by atoms with van der Waals surface area (Å²) in [4.78, 5) is 24.3. The molecule has 0 radical (unpaired) electrons. The molecule has 0 aliphatic carbocycles. The predicted octanol–water partition coefficient (Wildman–Crippen LogP) is 3.33. The lowest BCUT2D eigenvalue weighted by molar-refractivity contribution is -0.0886. The fraction of sp³-hybridized carbons (Fsp3) is 0.364. The van der Waals surface area contributed by atoms with Gasteiger partial charge in [0, 0.05) is 17.3 Å². The number of hydrogen-bond acceptors (Lipinski definition) is 4. The summed E-state index contributed by atoms with van der Waals surface area (Å²) in [6.45, 7) is 0.0646. The van der Waals surface area contributed by atoms with Crippen LogP contribution in [0.15, 0.2) is 48.5 Å². The minimum atomic E-state index is -0.569. The highest BCUT2D eigenvalue weighted by Crippen LogP contribution is 2.22. The van der Waals surface area contributed by atoms with Gasteiger partial charge in [0.05, 0.1) is 24.3 Å². The number of halogens is 2. The fourth-order valence-electron chi connectivity index (χ4n) is 3.47. The van der Waals surface area contributed by atoms with Gasteiger partial charge in [-0.1, -0.05) is 23.7 Å². The fourth-order valence-corrected chi connectivity index (χ4v) is 3.59. The molecule has 0 unspecified atom stereocenters. The van der Waals surface area contributed by atoms with E-state index in [0.29, 0.717) is 36.5 Å². The van der Waals surface area contributed by atoms with Crippen LogP contribution >= 0.6 is 11.6 Å². The average molecular weight is 450 g/mol. The monoisotopic (exact) mass is 449 g/mol. The van der Waals surface area contributed by atoms with E-state index in [1.807, 2.05) is 0 Å². The first-order valence-electron chi connectivity index (χ1n) is 10.1. The number of benzene rings is 2. The van der Waals surface area contributed by atoms with Crippen molar-refractivity contribution in [1.29, 1.82) is 0 Å². The second kappa shape index (κ2) is 11.1. The zero-order valence-electron chi connectivity index (χ0n) is 16.8. The molecule has 3 atom stereocenters. The Morgan fingerprint density at radius 1 is 1.13 bits per heavy atom. The Balaban J connectivity index is 1.43. The normalized spacial score (nSPS) is 20.7. The number of carbonyl (C=O) groups is 2. The molecule has 2 aromatic carbocycles. The Kier molecular flexibility index (Phi) is 8.22. The van der Waals surface area contributed by atoms with E-state index in [1.165, 1.54) is 18.2 Å². The third-order valence-corrected chi connectivity index (χ3v) is 5.34. The summed E-state index contributed by atoms with van der Waals surface area (Å²) < 4.78 is 19.6. The number of anilines is 1. The molecule has 0 aromatic heterocycles. The van der Waals surface area contributed by atoms with Gasteiger partial charge in [0.15, 0.2) is 0 Å². The van der Waals surface area contributed by atoms with Crippen molar-refractivity contribution >= 4 is 29.2 Å². The van der Waals surface area contributed by atoms with E-state index in [0.717, 1.165) is 0 Å². The zero-order valence-corrected chi connectivity index (χ0v) is 17.6. The summed E-state index contributed by atoms with van der Waals surface area (Å²) in [6.07, 6.45) is 1.04. The number of amides is 3. The van der Waals surface area contributed by atoms with E-state index in [4.69, 9.17) is 16.3 Å². The van der Waals surface area contributed by atoms with Crippen LogP contribution in [-0.2, 0) is 4.74 Å². The molecular formula is C22H25ClFN3O4. The summed E-state index contributed by atoms with van der Waals surface area (Å²) in [5.41, 5.74) is 0.596. The van der Waals surface area contributed by atoms with Crippen LogP contribution in [0.1, 0.15) is 29.6 Å². The molecule has 1 heterocycles. The SMILES string of the molecule is O=C(Nc1ccc(Cl)cc1)N[C@@H]1CC[C@H](CCNC(=O)c2ccccc2F)O[C@H]1CO. The van der Waals surface area contributed by atoms with Gasteiger partial charge < -0.3 is 25.8 Å². The third-order valence-electron chi connectivity index (χ3n) is 5.08. The Hall–Kier alpha value is -2.68. The van der Waals surface area contributed by atoms with Gasteiger partial charge in [-0.3, -0.25) is 4.79 Å². The highest BCUT2D eigenvalue weighted by Gasteiger charge is 2.31. The molecule has 166 valence electrons. The van der Waals surface area contributed by atoms with Crippen molar-refractivity contribution in [2.24, 2.45) is 0 Å². The van der Waals surface area contributed by atoms with Gasteiger partial charge in [-0.15, -0.1) is 0 Å². The molecule has 0 saturated carbocycles. The van der Waals surface area contributed by atoms with Crippen LogP contribution in [-0.4, -0.2) is 48.4 Å². The molecule has 1 saturated heterocycles. The highest BCUT2D eigenvalue weighted by atomic mass is 35.5. The maximum absolute atomic E-state index is 13.7. The first-order valence-corrected chi connectivity index (χ1v) is 10.5. The number of rotatable bonds is 7. The van der Waals surface area contributed by atoms with Crippen LogP contribution in [0.25, 0.3) is 0 Å². The number of nitrogens with one attached hydrogen (secondary N) is 3. The molecule has 1 aliphatic heterocycles. The molecule has 7 nitrogen and oxygen atoms in total. The minimum absolute atomic E-state index is 0.00346. The van der Waals surface area contributed by atoms with Crippen molar-refractivity contribution in [2.45, 2.75) is 37.5 Å². The Bertz CT molecular complexity index is 897. The van der Waals surface area contributed by atoms with Crippen LogP contribution in [0.2, 0.25) is 5.02 Å². The van der Waals surface area contributed by atoms with Crippen molar-refractivity contribution in [3.05, 3.63) is 64.9 Å². The van der Waals surface area contributed by atoms with Crippen LogP contribution in [0, 0.1) is 5.82 Å². The minimum Gasteiger partial charge on any atom is -0.394 e. The van der Waals surface area contributed by atoms with E-state index in [-0.39, 0.29) is 24.3 Å². The smallest absolute Gasteiger partial charge is 0.319 e. The molecule has 9 heteroatoms. The van der Waals surface area contributed by atoms with Crippen molar-refractivity contribution < 1.29 is 23.8 Å². The number of urea groups is 1. The first kappa shape index (κ1) is 23.0. The Morgan fingerprint density at radius 3 is 2.58 bits per heavy atom. The van der Waals surface area contributed by atoms with Crippen LogP contribution < -0.4 is 16.0 Å². The topological polar surface area (TPSA) is 99.7 Å². The first-order chi connectivity index (χ1) is 15.0. The quantitative estimate of drug-likeness (QED) is 0.521. The summed E-state index contributed by atoms with van der Waals surface area (Å²) in [5, 5.41) is 18.5. The zero-order chi connectivity index (χ0) is 22.2. The van der Waals surface area contributed by atoms with Gasteiger partial charge in [-0.2, -0.15) is 0 Å². The number of aliphatic hydroxyl groups is 1. The standard InChI is InChI=1S/C22H25ClFN3O4/c23-14-5-7-15(8-6-14)26-22(30)27-19-10-9-16(31-20(19)13-28)11-12-25-21(29)17-3-1-2-4-18(17)24/h1-8,16,19-20,28H,9-13H2,(H,25,29)(H2,26,27,30)/t16-,19-,20+/m1/s1. The molecule has 2 aromatic rings. The van der Waals surface area contributed by atoms with E-state index >= 15 is 0 Å². The Labute approximate surface area is 184 Å². The van der Waals surface area contributed by atoms with E-state index in [9.17, 15) is 19.1 Å². The molecule has 3 amide bonds. The van der Waals surface area contributed by atoms with Gasteiger partial charge >= 0.3 is 6.03 Å². The summed E-state index contributed by atoms with van der Waals surface area (Å²) in [6, 6.07) is 11.8. The average Bonchev–Trinajstić information content (AvgIpc) is 2.76. The van der Waals surface area contributed by atoms with Crippen LogP contribution in [0.4, 0.5) is 14.9 Å². The van der Waals surface area contributed by atoms with Crippen molar-refractivity contribution in [1.82, 2.24) is 10.6 Å². The molecule has 0 bridgehead atoms. The van der Waals surface area contributed by atoms with Crippen LogP contribution in [0.5, 0.6) is 0 Å². The van der Waals surface area contributed by atoms with E-state index in [2.05, 4.69) is 16.0 Å². The van der Waals surface area contributed by atoms with Crippen molar-refractivity contribution in [3.63, 3.8) is 0 Å². The molecule has 1 aliphatic rings. The van der Waals surface area contributed by atoms with Gasteiger partial charge in [0.25, 0.3) is 5.91 Å². The Morgan fingerprint density at radius 2 is 1.87 bits per heavy atom. The summed E-state index contributed by atoms with van der Waals surface area (Å²) in [5.74, 6) is -1.05. The summed E-state index contributed by atoms with van der Waals surface area (Å²) >= 11 is 5.83. The lowest BCUT2D eigenvalue weighted by Gasteiger charge is -2.36. The number of ether oxygens (including phenoxy) is 1.